The average molecular weight is 271 g/mol. The lowest BCUT2D eigenvalue weighted by Gasteiger charge is -2.35. The summed E-state index contributed by atoms with van der Waals surface area (Å²) in [4.78, 5) is 2.44. The minimum absolute atomic E-state index is 0.308. The number of hydrogen-bond donors (Lipinski definition) is 0. The molecule has 4 nitrogen and oxygen atoms in total. The summed E-state index contributed by atoms with van der Waals surface area (Å²) in [5.74, 6) is 0. The molecule has 106 valence electrons. The van der Waals surface area contributed by atoms with Gasteiger partial charge in [0.25, 0.3) is 0 Å². The highest BCUT2D eigenvalue weighted by Crippen LogP contribution is 2.15. The molecule has 1 fully saturated rings. The van der Waals surface area contributed by atoms with Crippen LogP contribution in [0.15, 0.2) is 42.7 Å². The lowest BCUT2D eigenvalue weighted by molar-refractivity contribution is -0.0704. The molecule has 20 heavy (non-hydrogen) atoms. The molecule has 2 heterocycles. The Balaban J connectivity index is 1.68. The van der Waals surface area contributed by atoms with E-state index < -0.39 is 0 Å². The Kier molecular flexibility index (Phi) is 3.85. The van der Waals surface area contributed by atoms with Crippen LogP contribution in [0.25, 0.3) is 5.69 Å². The van der Waals surface area contributed by atoms with Crippen LogP contribution in [0.3, 0.4) is 0 Å². The van der Waals surface area contributed by atoms with Gasteiger partial charge in [0, 0.05) is 31.4 Å². The maximum atomic E-state index is 5.77. The van der Waals surface area contributed by atoms with Crippen LogP contribution >= 0.6 is 0 Å². The first kappa shape index (κ1) is 13.3. The SMILES string of the molecule is CC1CN(Cc2cnn(-c3ccccc3)c2)CC(C)O1. The highest BCUT2D eigenvalue weighted by atomic mass is 16.5. The predicted molar refractivity (Wildman–Crippen MR) is 78.9 cm³/mol. The molecule has 2 unspecified atom stereocenters. The summed E-state index contributed by atoms with van der Waals surface area (Å²) in [6, 6.07) is 10.2. The van der Waals surface area contributed by atoms with Gasteiger partial charge in [-0.3, -0.25) is 4.90 Å². The summed E-state index contributed by atoms with van der Waals surface area (Å²) in [6.45, 7) is 7.18. The molecule has 1 saturated heterocycles. The summed E-state index contributed by atoms with van der Waals surface area (Å²) in [5, 5.41) is 4.45. The first-order chi connectivity index (χ1) is 9.70. The Morgan fingerprint density at radius 2 is 1.85 bits per heavy atom. The van der Waals surface area contributed by atoms with Crippen molar-refractivity contribution in [2.45, 2.75) is 32.6 Å². The Labute approximate surface area is 120 Å². The van der Waals surface area contributed by atoms with Crippen molar-refractivity contribution in [1.29, 1.82) is 0 Å². The van der Waals surface area contributed by atoms with E-state index >= 15 is 0 Å². The van der Waals surface area contributed by atoms with Gasteiger partial charge in [0.15, 0.2) is 0 Å². The molecular formula is C16H21N3O. The van der Waals surface area contributed by atoms with Crippen molar-refractivity contribution < 1.29 is 4.74 Å². The fourth-order valence-electron chi connectivity index (χ4n) is 2.84. The lowest BCUT2D eigenvalue weighted by atomic mass is 10.2. The number of hydrogen-bond acceptors (Lipinski definition) is 3. The highest BCUT2D eigenvalue weighted by Gasteiger charge is 2.22. The quantitative estimate of drug-likeness (QED) is 0.859. The van der Waals surface area contributed by atoms with Crippen molar-refractivity contribution in [3.63, 3.8) is 0 Å². The second-order valence-electron chi connectivity index (χ2n) is 5.58. The lowest BCUT2D eigenvalue weighted by Crippen LogP contribution is -2.44. The van der Waals surface area contributed by atoms with Gasteiger partial charge in [-0.25, -0.2) is 4.68 Å². The molecule has 3 rings (SSSR count). The normalized spacial score (nSPS) is 23.9. The van der Waals surface area contributed by atoms with Crippen LogP contribution in [0.2, 0.25) is 0 Å². The second kappa shape index (κ2) is 5.77. The molecule has 0 spiro atoms. The van der Waals surface area contributed by atoms with Gasteiger partial charge >= 0.3 is 0 Å². The third kappa shape index (κ3) is 3.08. The molecule has 0 radical (unpaired) electrons. The van der Waals surface area contributed by atoms with E-state index in [1.165, 1.54) is 5.56 Å². The topological polar surface area (TPSA) is 30.3 Å². The number of benzene rings is 1. The summed E-state index contributed by atoms with van der Waals surface area (Å²) in [5.41, 5.74) is 2.35. The summed E-state index contributed by atoms with van der Waals surface area (Å²) >= 11 is 0. The zero-order valence-electron chi connectivity index (χ0n) is 12.1. The van der Waals surface area contributed by atoms with Crippen LogP contribution in [-0.4, -0.2) is 40.0 Å². The average Bonchev–Trinajstić information content (AvgIpc) is 2.87. The fraction of sp³-hybridized carbons (Fsp3) is 0.438. The van der Waals surface area contributed by atoms with E-state index in [1.54, 1.807) is 0 Å². The van der Waals surface area contributed by atoms with Crippen molar-refractivity contribution in [1.82, 2.24) is 14.7 Å². The fourth-order valence-corrected chi connectivity index (χ4v) is 2.84. The van der Waals surface area contributed by atoms with Gasteiger partial charge in [0.05, 0.1) is 24.1 Å². The molecule has 2 aromatic rings. The van der Waals surface area contributed by atoms with E-state index in [0.717, 1.165) is 25.3 Å². The zero-order valence-corrected chi connectivity index (χ0v) is 12.1. The number of nitrogens with zero attached hydrogens (tertiary/aromatic N) is 3. The van der Waals surface area contributed by atoms with Gasteiger partial charge < -0.3 is 4.74 Å². The summed E-state index contributed by atoms with van der Waals surface area (Å²) in [7, 11) is 0. The minimum Gasteiger partial charge on any atom is -0.373 e. The number of ether oxygens (including phenoxy) is 1. The molecule has 1 aliphatic rings. The van der Waals surface area contributed by atoms with Crippen LogP contribution in [0.4, 0.5) is 0 Å². The van der Waals surface area contributed by atoms with Gasteiger partial charge in [-0.1, -0.05) is 18.2 Å². The molecule has 1 aromatic heterocycles. The molecule has 4 heteroatoms. The van der Waals surface area contributed by atoms with E-state index in [1.807, 2.05) is 29.1 Å². The number of morpholine rings is 1. The Hall–Kier alpha value is -1.65. The van der Waals surface area contributed by atoms with E-state index in [-0.39, 0.29) is 0 Å². The third-order valence-electron chi connectivity index (χ3n) is 3.56. The van der Waals surface area contributed by atoms with E-state index in [9.17, 15) is 0 Å². The zero-order chi connectivity index (χ0) is 13.9. The van der Waals surface area contributed by atoms with E-state index in [0.29, 0.717) is 12.2 Å². The predicted octanol–water partition coefficient (Wildman–Crippen LogP) is 2.48. The van der Waals surface area contributed by atoms with Crippen LogP contribution in [0, 0.1) is 0 Å². The second-order valence-corrected chi connectivity index (χ2v) is 5.58. The molecule has 2 atom stereocenters. The van der Waals surface area contributed by atoms with Crippen molar-refractivity contribution in [3.05, 3.63) is 48.3 Å². The maximum Gasteiger partial charge on any atom is 0.0678 e. The maximum absolute atomic E-state index is 5.77. The van der Waals surface area contributed by atoms with Crippen molar-refractivity contribution in [2.75, 3.05) is 13.1 Å². The monoisotopic (exact) mass is 271 g/mol. The van der Waals surface area contributed by atoms with Crippen LogP contribution in [0.1, 0.15) is 19.4 Å². The molecule has 1 aliphatic heterocycles. The minimum atomic E-state index is 0.308. The van der Waals surface area contributed by atoms with Gasteiger partial charge in [0.2, 0.25) is 0 Å². The van der Waals surface area contributed by atoms with Crippen LogP contribution in [-0.2, 0) is 11.3 Å². The Bertz CT molecular complexity index is 542. The van der Waals surface area contributed by atoms with Gasteiger partial charge in [-0.15, -0.1) is 0 Å². The van der Waals surface area contributed by atoms with Crippen LogP contribution in [0.5, 0.6) is 0 Å². The smallest absolute Gasteiger partial charge is 0.0678 e. The van der Waals surface area contributed by atoms with Crippen molar-refractivity contribution in [3.8, 4) is 5.69 Å². The molecule has 0 N–H and O–H groups in total. The van der Waals surface area contributed by atoms with Gasteiger partial charge in [-0.05, 0) is 26.0 Å². The number of rotatable bonds is 3. The van der Waals surface area contributed by atoms with Crippen molar-refractivity contribution >= 4 is 0 Å². The Morgan fingerprint density at radius 1 is 1.15 bits per heavy atom. The molecule has 0 saturated carbocycles. The summed E-state index contributed by atoms with van der Waals surface area (Å²) < 4.78 is 7.70. The third-order valence-corrected chi connectivity index (χ3v) is 3.56. The first-order valence-electron chi connectivity index (χ1n) is 7.17. The van der Waals surface area contributed by atoms with Gasteiger partial charge in [0.1, 0.15) is 0 Å². The molecule has 1 aromatic carbocycles. The first-order valence-corrected chi connectivity index (χ1v) is 7.17. The van der Waals surface area contributed by atoms with Crippen molar-refractivity contribution in [2.24, 2.45) is 0 Å². The molecule has 0 amide bonds. The van der Waals surface area contributed by atoms with E-state index in [2.05, 4.69) is 42.2 Å². The Morgan fingerprint density at radius 3 is 2.55 bits per heavy atom. The van der Waals surface area contributed by atoms with E-state index in [4.69, 9.17) is 4.74 Å². The molecular weight excluding hydrogens is 250 g/mol. The molecule has 0 aliphatic carbocycles. The standard InChI is InChI=1S/C16H21N3O/c1-13-9-18(10-14(2)20-13)11-15-8-17-19(12-15)16-6-4-3-5-7-16/h3-8,12-14H,9-11H2,1-2H3. The number of aromatic nitrogens is 2. The highest BCUT2D eigenvalue weighted by molar-refractivity contribution is 5.30. The number of para-hydroxylation sites is 1. The van der Waals surface area contributed by atoms with Gasteiger partial charge in [-0.2, -0.15) is 5.10 Å². The largest absolute Gasteiger partial charge is 0.373 e. The summed E-state index contributed by atoms with van der Waals surface area (Å²) in [6.07, 6.45) is 4.68. The molecule has 0 bridgehead atoms. The van der Waals surface area contributed by atoms with Crippen LogP contribution < -0.4 is 0 Å².